The molecule has 0 bridgehead atoms. The summed E-state index contributed by atoms with van der Waals surface area (Å²) in [5.74, 6) is 0.861. The topological polar surface area (TPSA) is 15.3 Å². The third-order valence-electron chi connectivity index (χ3n) is 4.32. The van der Waals surface area contributed by atoms with E-state index in [-0.39, 0.29) is 0 Å². The molecule has 0 saturated heterocycles. The molecule has 0 radical (unpaired) electrons. The number of rotatable bonds is 6. The molecule has 2 heteroatoms. The van der Waals surface area contributed by atoms with E-state index in [2.05, 4.69) is 45.1 Å². The lowest BCUT2D eigenvalue weighted by atomic mass is 9.69. The summed E-state index contributed by atoms with van der Waals surface area (Å²) in [5.41, 5.74) is 0.460. The molecule has 1 N–H and O–H groups in total. The third kappa shape index (κ3) is 5.71. The van der Waals surface area contributed by atoms with Gasteiger partial charge in [0.2, 0.25) is 0 Å². The van der Waals surface area contributed by atoms with Gasteiger partial charge in [-0.05, 0) is 64.2 Å². The van der Waals surface area contributed by atoms with Crippen LogP contribution in [0.15, 0.2) is 0 Å². The predicted molar refractivity (Wildman–Crippen MR) is 81.0 cm³/mol. The Hall–Kier alpha value is -0.0800. The van der Waals surface area contributed by atoms with Gasteiger partial charge in [0, 0.05) is 6.04 Å². The first-order valence-corrected chi connectivity index (χ1v) is 7.79. The summed E-state index contributed by atoms with van der Waals surface area (Å²) in [5, 5.41) is 3.83. The second-order valence-electron chi connectivity index (χ2n) is 7.33. The van der Waals surface area contributed by atoms with Gasteiger partial charge in [-0.3, -0.25) is 0 Å². The summed E-state index contributed by atoms with van der Waals surface area (Å²) in [6.07, 6.45) is 8.27. The molecule has 0 aromatic rings. The van der Waals surface area contributed by atoms with E-state index in [1.807, 2.05) is 0 Å². The second-order valence-corrected chi connectivity index (χ2v) is 7.33. The Bertz CT molecular complexity index is 218. The zero-order valence-corrected chi connectivity index (χ0v) is 13.3. The van der Waals surface area contributed by atoms with Gasteiger partial charge in [0.05, 0.1) is 0 Å². The molecule has 18 heavy (non-hydrogen) atoms. The zero-order valence-electron chi connectivity index (χ0n) is 13.3. The van der Waals surface area contributed by atoms with Gasteiger partial charge >= 0.3 is 0 Å². The number of hydrogen-bond acceptors (Lipinski definition) is 2. The summed E-state index contributed by atoms with van der Waals surface area (Å²) in [7, 11) is 4.31. The first-order chi connectivity index (χ1) is 8.41. The SMILES string of the molecule is CN(C)CCCCNC1CCCCC1C(C)(C)C. The number of nitrogens with zero attached hydrogens (tertiary/aromatic N) is 1. The zero-order chi connectivity index (χ0) is 13.6. The van der Waals surface area contributed by atoms with E-state index < -0.39 is 0 Å². The van der Waals surface area contributed by atoms with Crippen LogP contribution in [0.1, 0.15) is 59.3 Å². The van der Waals surface area contributed by atoms with Crippen molar-refractivity contribution < 1.29 is 0 Å². The molecular weight excluding hydrogens is 220 g/mol. The normalized spacial score (nSPS) is 25.7. The second kappa shape index (κ2) is 7.49. The molecule has 108 valence electrons. The molecule has 1 rings (SSSR count). The van der Waals surface area contributed by atoms with Crippen LogP contribution in [0.5, 0.6) is 0 Å². The van der Waals surface area contributed by atoms with E-state index in [4.69, 9.17) is 0 Å². The van der Waals surface area contributed by atoms with Gasteiger partial charge in [-0.25, -0.2) is 0 Å². The molecule has 0 aliphatic heterocycles. The van der Waals surface area contributed by atoms with E-state index in [0.717, 1.165) is 12.0 Å². The lowest BCUT2D eigenvalue weighted by Gasteiger charge is -2.41. The standard InChI is InChI=1S/C16H34N2/c1-16(2,3)14-10-6-7-11-15(14)17-12-8-9-13-18(4)5/h14-15,17H,6-13H2,1-5H3. The van der Waals surface area contributed by atoms with Crippen molar-refractivity contribution >= 4 is 0 Å². The van der Waals surface area contributed by atoms with Crippen LogP contribution in [-0.4, -0.2) is 38.1 Å². The van der Waals surface area contributed by atoms with E-state index in [1.165, 1.54) is 51.6 Å². The van der Waals surface area contributed by atoms with Crippen molar-refractivity contribution in [2.75, 3.05) is 27.2 Å². The van der Waals surface area contributed by atoms with Crippen molar-refractivity contribution in [3.05, 3.63) is 0 Å². The van der Waals surface area contributed by atoms with Gasteiger partial charge in [-0.2, -0.15) is 0 Å². The first kappa shape index (κ1) is 16.0. The molecule has 0 amide bonds. The molecule has 0 spiro atoms. The molecule has 2 atom stereocenters. The molecular formula is C16H34N2. The third-order valence-corrected chi connectivity index (χ3v) is 4.32. The van der Waals surface area contributed by atoms with Crippen molar-refractivity contribution in [2.24, 2.45) is 11.3 Å². The Morgan fingerprint density at radius 2 is 1.72 bits per heavy atom. The molecule has 1 aliphatic rings. The molecule has 0 heterocycles. The Labute approximate surface area is 115 Å². The van der Waals surface area contributed by atoms with Gasteiger partial charge in [0.15, 0.2) is 0 Å². The fraction of sp³-hybridized carbons (Fsp3) is 1.00. The summed E-state index contributed by atoms with van der Waals surface area (Å²) in [6, 6.07) is 0.762. The molecule has 0 aromatic carbocycles. The highest BCUT2D eigenvalue weighted by atomic mass is 15.0. The van der Waals surface area contributed by atoms with Crippen molar-refractivity contribution in [1.29, 1.82) is 0 Å². The average molecular weight is 254 g/mol. The minimum atomic E-state index is 0.460. The fourth-order valence-electron chi connectivity index (χ4n) is 3.25. The molecule has 1 saturated carbocycles. The highest BCUT2D eigenvalue weighted by Gasteiger charge is 2.33. The van der Waals surface area contributed by atoms with E-state index in [1.54, 1.807) is 0 Å². The highest BCUT2D eigenvalue weighted by molar-refractivity contribution is 4.88. The minimum absolute atomic E-state index is 0.460. The maximum absolute atomic E-state index is 3.83. The maximum Gasteiger partial charge on any atom is 0.0100 e. The summed E-state index contributed by atoms with van der Waals surface area (Å²) in [4.78, 5) is 2.28. The van der Waals surface area contributed by atoms with Crippen molar-refractivity contribution in [2.45, 2.75) is 65.3 Å². The first-order valence-electron chi connectivity index (χ1n) is 7.79. The lowest BCUT2D eigenvalue weighted by Crippen LogP contribution is -2.44. The van der Waals surface area contributed by atoms with Gasteiger partial charge in [0.25, 0.3) is 0 Å². The number of hydrogen-bond donors (Lipinski definition) is 1. The van der Waals surface area contributed by atoms with Gasteiger partial charge < -0.3 is 10.2 Å². The monoisotopic (exact) mass is 254 g/mol. The van der Waals surface area contributed by atoms with E-state index in [0.29, 0.717) is 5.41 Å². The molecule has 2 unspecified atom stereocenters. The van der Waals surface area contributed by atoms with Crippen LogP contribution in [-0.2, 0) is 0 Å². The lowest BCUT2D eigenvalue weighted by molar-refractivity contribution is 0.131. The van der Waals surface area contributed by atoms with Crippen LogP contribution in [0.3, 0.4) is 0 Å². The van der Waals surface area contributed by atoms with Crippen LogP contribution < -0.4 is 5.32 Å². The maximum atomic E-state index is 3.83. The van der Waals surface area contributed by atoms with Crippen molar-refractivity contribution in [3.8, 4) is 0 Å². The van der Waals surface area contributed by atoms with Gasteiger partial charge in [-0.15, -0.1) is 0 Å². The van der Waals surface area contributed by atoms with E-state index in [9.17, 15) is 0 Å². The largest absolute Gasteiger partial charge is 0.314 e. The highest BCUT2D eigenvalue weighted by Crippen LogP contribution is 2.37. The van der Waals surface area contributed by atoms with E-state index >= 15 is 0 Å². The van der Waals surface area contributed by atoms with Crippen LogP contribution in [0.4, 0.5) is 0 Å². The summed E-state index contributed by atoms with van der Waals surface area (Å²) < 4.78 is 0. The van der Waals surface area contributed by atoms with Crippen LogP contribution in [0, 0.1) is 11.3 Å². The molecule has 1 fully saturated rings. The fourth-order valence-corrected chi connectivity index (χ4v) is 3.25. The van der Waals surface area contributed by atoms with Gasteiger partial charge in [-0.1, -0.05) is 33.6 Å². The van der Waals surface area contributed by atoms with Crippen LogP contribution >= 0.6 is 0 Å². The quantitative estimate of drug-likeness (QED) is 0.730. The van der Waals surface area contributed by atoms with Crippen LogP contribution in [0.25, 0.3) is 0 Å². The Balaban J connectivity index is 2.26. The van der Waals surface area contributed by atoms with Crippen LogP contribution in [0.2, 0.25) is 0 Å². The van der Waals surface area contributed by atoms with Gasteiger partial charge in [0.1, 0.15) is 0 Å². The number of unbranched alkanes of at least 4 members (excludes halogenated alkanes) is 1. The Morgan fingerprint density at radius 3 is 2.33 bits per heavy atom. The van der Waals surface area contributed by atoms with Crippen molar-refractivity contribution in [3.63, 3.8) is 0 Å². The minimum Gasteiger partial charge on any atom is -0.314 e. The van der Waals surface area contributed by atoms with Crippen molar-refractivity contribution in [1.82, 2.24) is 10.2 Å². The molecule has 1 aliphatic carbocycles. The number of nitrogens with one attached hydrogen (secondary N) is 1. The molecule has 2 nitrogen and oxygen atoms in total. The molecule has 0 aromatic heterocycles. The summed E-state index contributed by atoms with van der Waals surface area (Å²) >= 11 is 0. The Morgan fingerprint density at radius 1 is 1.06 bits per heavy atom. The average Bonchev–Trinajstić information content (AvgIpc) is 2.27. The smallest absolute Gasteiger partial charge is 0.0100 e. The summed E-state index contributed by atoms with van der Waals surface area (Å²) in [6.45, 7) is 9.64. The predicted octanol–water partition coefficient (Wildman–Crippen LogP) is 3.52. The Kier molecular flexibility index (Phi) is 6.65.